The summed E-state index contributed by atoms with van der Waals surface area (Å²) >= 11 is 0. The van der Waals surface area contributed by atoms with Gasteiger partial charge in [-0.25, -0.2) is 0 Å². The zero-order valence-corrected chi connectivity index (χ0v) is 15.1. The molecule has 3 N–H and O–H groups in total. The number of phenolic OH excluding ortho intramolecular Hbond substituents is 1. The molecule has 0 radical (unpaired) electrons. The van der Waals surface area contributed by atoms with Crippen molar-refractivity contribution in [3.05, 3.63) is 65.7 Å². The monoisotopic (exact) mass is 355 g/mol. The molecule has 0 bridgehead atoms. The Morgan fingerprint density at radius 1 is 1.23 bits per heavy atom. The van der Waals surface area contributed by atoms with E-state index in [1.54, 1.807) is 18.2 Å². The SMILES string of the molecule is COc1cc(/C=C/C(=O)CCNC(C)C(O)c2ccccc2)ccc1O. The molecule has 0 fully saturated rings. The van der Waals surface area contributed by atoms with Crippen LogP contribution in [0, 0.1) is 0 Å². The minimum Gasteiger partial charge on any atom is -0.504 e. The van der Waals surface area contributed by atoms with Gasteiger partial charge in [0.1, 0.15) is 0 Å². The van der Waals surface area contributed by atoms with Gasteiger partial charge in [-0.2, -0.15) is 0 Å². The van der Waals surface area contributed by atoms with E-state index in [4.69, 9.17) is 4.74 Å². The molecule has 0 saturated heterocycles. The first-order valence-corrected chi connectivity index (χ1v) is 8.55. The first kappa shape index (κ1) is 19.7. The third-order valence-corrected chi connectivity index (χ3v) is 4.12. The van der Waals surface area contributed by atoms with Crippen molar-refractivity contribution in [2.45, 2.75) is 25.5 Å². The van der Waals surface area contributed by atoms with Crippen LogP contribution >= 0.6 is 0 Å². The number of hydrogen-bond donors (Lipinski definition) is 3. The van der Waals surface area contributed by atoms with Crippen LogP contribution in [0.4, 0.5) is 0 Å². The van der Waals surface area contributed by atoms with E-state index in [-0.39, 0.29) is 17.6 Å². The number of carbonyl (C=O) groups excluding carboxylic acids is 1. The highest BCUT2D eigenvalue weighted by molar-refractivity contribution is 5.93. The largest absolute Gasteiger partial charge is 0.504 e. The zero-order chi connectivity index (χ0) is 18.9. The molecule has 26 heavy (non-hydrogen) atoms. The van der Waals surface area contributed by atoms with E-state index in [9.17, 15) is 15.0 Å². The number of allylic oxidation sites excluding steroid dienone is 1. The summed E-state index contributed by atoms with van der Waals surface area (Å²) in [5.74, 6) is 0.405. The molecule has 0 aliphatic carbocycles. The number of aliphatic hydroxyl groups excluding tert-OH is 1. The van der Waals surface area contributed by atoms with Gasteiger partial charge in [0, 0.05) is 19.0 Å². The normalized spacial score (nSPS) is 13.5. The molecule has 5 heteroatoms. The van der Waals surface area contributed by atoms with Gasteiger partial charge in [-0.1, -0.05) is 42.5 Å². The van der Waals surface area contributed by atoms with Crippen molar-refractivity contribution in [1.82, 2.24) is 5.32 Å². The summed E-state index contributed by atoms with van der Waals surface area (Å²) in [7, 11) is 1.48. The first-order valence-electron chi connectivity index (χ1n) is 8.55. The molecule has 138 valence electrons. The quantitative estimate of drug-likeness (QED) is 0.603. The van der Waals surface area contributed by atoms with Crippen LogP contribution in [0.25, 0.3) is 6.08 Å². The predicted octanol–water partition coefficient (Wildman–Crippen LogP) is 3.08. The van der Waals surface area contributed by atoms with Gasteiger partial charge >= 0.3 is 0 Å². The molecule has 2 rings (SSSR count). The van der Waals surface area contributed by atoms with E-state index >= 15 is 0 Å². The lowest BCUT2D eigenvalue weighted by molar-refractivity contribution is -0.114. The molecule has 2 atom stereocenters. The second-order valence-electron chi connectivity index (χ2n) is 6.08. The predicted molar refractivity (Wildman–Crippen MR) is 102 cm³/mol. The van der Waals surface area contributed by atoms with Crippen LogP contribution in [-0.4, -0.2) is 35.7 Å². The number of phenols is 1. The Balaban J connectivity index is 1.79. The Hall–Kier alpha value is -2.63. The molecular weight excluding hydrogens is 330 g/mol. The van der Waals surface area contributed by atoms with E-state index < -0.39 is 6.10 Å². The van der Waals surface area contributed by atoms with Gasteiger partial charge in [0.05, 0.1) is 13.2 Å². The molecule has 0 spiro atoms. The summed E-state index contributed by atoms with van der Waals surface area (Å²) in [6, 6.07) is 14.2. The van der Waals surface area contributed by atoms with E-state index in [1.807, 2.05) is 37.3 Å². The number of aliphatic hydroxyl groups is 1. The highest BCUT2D eigenvalue weighted by Crippen LogP contribution is 2.26. The Kier molecular flexibility index (Phi) is 7.38. The maximum atomic E-state index is 12.0. The Bertz CT molecular complexity index is 743. The van der Waals surface area contributed by atoms with Crippen molar-refractivity contribution in [1.29, 1.82) is 0 Å². The number of aromatic hydroxyl groups is 1. The lowest BCUT2D eigenvalue weighted by Gasteiger charge is -2.20. The van der Waals surface area contributed by atoms with Crippen molar-refractivity contribution in [3.63, 3.8) is 0 Å². The number of rotatable bonds is 9. The van der Waals surface area contributed by atoms with Crippen molar-refractivity contribution >= 4 is 11.9 Å². The standard InChI is InChI=1S/C21H25NO4/c1-15(21(25)17-6-4-3-5-7-17)22-13-12-18(23)10-8-16-9-11-19(24)20(14-16)26-2/h3-11,14-15,21-22,24-25H,12-13H2,1-2H3/b10-8+. The molecule has 0 aromatic heterocycles. The molecule has 2 aromatic rings. The molecule has 5 nitrogen and oxygen atoms in total. The summed E-state index contributed by atoms with van der Waals surface area (Å²) in [4.78, 5) is 12.0. The van der Waals surface area contributed by atoms with E-state index in [2.05, 4.69) is 5.32 Å². The number of carbonyl (C=O) groups is 1. The van der Waals surface area contributed by atoms with Crippen molar-refractivity contribution in [3.8, 4) is 11.5 Å². The number of ether oxygens (including phenoxy) is 1. The fourth-order valence-electron chi connectivity index (χ4n) is 2.54. The van der Waals surface area contributed by atoms with Crippen molar-refractivity contribution < 1.29 is 19.7 Å². The third-order valence-electron chi connectivity index (χ3n) is 4.12. The highest BCUT2D eigenvalue weighted by atomic mass is 16.5. The maximum Gasteiger partial charge on any atom is 0.161 e. The Labute approximate surface area is 153 Å². The highest BCUT2D eigenvalue weighted by Gasteiger charge is 2.15. The van der Waals surface area contributed by atoms with Gasteiger partial charge in [0.2, 0.25) is 0 Å². The van der Waals surface area contributed by atoms with Gasteiger partial charge in [-0.3, -0.25) is 4.79 Å². The lowest BCUT2D eigenvalue weighted by Crippen LogP contribution is -2.33. The van der Waals surface area contributed by atoms with E-state index in [0.29, 0.717) is 18.7 Å². The average Bonchev–Trinajstić information content (AvgIpc) is 2.67. The van der Waals surface area contributed by atoms with Gasteiger partial charge in [-0.05, 0) is 36.3 Å². The van der Waals surface area contributed by atoms with Crippen LogP contribution in [0.15, 0.2) is 54.6 Å². The zero-order valence-electron chi connectivity index (χ0n) is 15.1. The maximum absolute atomic E-state index is 12.0. The van der Waals surface area contributed by atoms with Crippen LogP contribution < -0.4 is 10.1 Å². The topological polar surface area (TPSA) is 78.8 Å². The number of methoxy groups -OCH3 is 1. The molecular formula is C21H25NO4. The van der Waals surface area contributed by atoms with Crippen molar-refractivity contribution in [2.75, 3.05) is 13.7 Å². The van der Waals surface area contributed by atoms with Crippen LogP contribution in [0.1, 0.15) is 30.6 Å². The third kappa shape index (κ3) is 5.72. The van der Waals surface area contributed by atoms with Crippen LogP contribution in [0.5, 0.6) is 11.5 Å². The number of benzene rings is 2. The Morgan fingerprint density at radius 3 is 2.65 bits per heavy atom. The van der Waals surface area contributed by atoms with Crippen molar-refractivity contribution in [2.24, 2.45) is 0 Å². The fraction of sp³-hybridized carbons (Fsp3) is 0.286. The van der Waals surface area contributed by atoms with Crippen LogP contribution in [0.3, 0.4) is 0 Å². The smallest absolute Gasteiger partial charge is 0.161 e. The number of ketones is 1. The second kappa shape index (κ2) is 9.75. The molecule has 0 amide bonds. The summed E-state index contributed by atoms with van der Waals surface area (Å²) in [6.45, 7) is 2.37. The molecule has 0 saturated carbocycles. The summed E-state index contributed by atoms with van der Waals surface area (Å²) < 4.78 is 5.04. The lowest BCUT2D eigenvalue weighted by atomic mass is 10.0. The number of hydrogen-bond acceptors (Lipinski definition) is 5. The number of nitrogens with one attached hydrogen (secondary N) is 1. The Morgan fingerprint density at radius 2 is 1.96 bits per heavy atom. The fourth-order valence-corrected chi connectivity index (χ4v) is 2.54. The molecule has 0 heterocycles. The molecule has 0 aliphatic heterocycles. The summed E-state index contributed by atoms with van der Waals surface area (Å²) in [6.07, 6.45) is 2.90. The van der Waals surface area contributed by atoms with E-state index in [0.717, 1.165) is 11.1 Å². The second-order valence-corrected chi connectivity index (χ2v) is 6.08. The van der Waals surface area contributed by atoms with Gasteiger partial charge in [-0.15, -0.1) is 0 Å². The van der Waals surface area contributed by atoms with Gasteiger partial charge in [0.25, 0.3) is 0 Å². The molecule has 2 unspecified atom stereocenters. The van der Waals surface area contributed by atoms with E-state index in [1.165, 1.54) is 19.3 Å². The summed E-state index contributed by atoms with van der Waals surface area (Å²) in [5, 5.41) is 23.0. The molecule has 2 aromatic carbocycles. The minimum absolute atomic E-state index is 0.0223. The summed E-state index contributed by atoms with van der Waals surface area (Å²) in [5.41, 5.74) is 1.62. The van der Waals surface area contributed by atoms with Gasteiger partial charge < -0.3 is 20.3 Å². The van der Waals surface area contributed by atoms with Crippen LogP contribution in [-0.2, 0) is 4.79 Å². The molecule has 0 aliphatic rings. The van der Waals surface area contributed by atoms with Gasteiger partial charge in [0.15, 0.2) is 17.3 Å². The van der Waals surface area contributed by atoms with Crippen LogP contribution in [0.2, 0.25) is 0 Å². The first-order chi connectivity index (χ1) is 12.5. The minimum atomic E-state index is -0.619. The average molecular weight is 355 g/mol.